The van der Waals surface area contributed by atoms with Gasteiger partial charge >= 0.3 is 12.3 Å². The van der Waals surface area contributed by atoms with Gasteiger partial charge in [-0.2, -0.15) is 0 Å². The van der Waals surface area contributed by atoms with E-state index >= 15 is 0 Å². The van der Waals surface area contributed by atoms with Gasteiger partial charge in [-0.15, -0.1) is 13.2 Å². The van der Waals surface area contributed by atoms with Crippen molar-refractivity contribution in [3.63, 3.8) is 0 Å². The Morgan fingerprint density at radius 3 is 2.20 bits per heavy atom. The molecule has 1 saturated carbocycles. The molecule has 0 radical (unpaired) electrons. The molecule has 1 aliphatic rings. The zero-order valence-corrected chi connectivity index (χ0v) is 8.14. The van der Waals surface area contributed by atoms with Crippen molar-refractivity contribution < 1.29 is 27.8 Å². The third-order valence-corrected chi connectivity index (χ3v) is 2.78. The number of rotatable bonds is 3. The maximum absolute atomic E-state index is 11.8. The number of halogens is 3. The molecule has 0 atom stereocenters. The number of hydrogen-bond donors (Lipinski definition) is 1. The second-order valence-corrected chi connectivity index (χ2v) is 3.88. The van der Waals surface area contributed by atoms with Gasteiger partial charge < -0.3 is 5.11 Å². The van der Waals surface area contributed by atoms with Crippen LogP contribution in [0.3, 0.4) is 0 Å². The van der Waals surface area contributed by atoms with Crippen molar-refractivity contribution in [1.29, 1.82) is 0 Å². The van der Waals surface area contributed by atoms with Crippen LogP contribution in [0.15, 0.2) is 0 Å². The molecule has 1 aliphatic carbocycles. The lowest BCUT2D eigenvalue weighted by atomic mass is 9.75. The Morgan fingerprint density at radius 2 is 1.80 bits per heavy atom. The predicted molar refractivity (Wildman–Crippen MR) is 45.2 cm³/mol. The average molecular weight is 226 g/mol. The second kappa shape index (κ2) is 4.38. The van der Waals surface area contributed by atoms with Gasteiger partial charge in [0.05, 0.1) is 12.0 Å². The van der Waals surface area contributed by atoms with Gasteiger partial charge in [0.2, 0.25) is 0 Å². The molecule has 0 saturated heterocycles. The highest BCUT2D eigenvalue weighted by Crippen LogP contribution is 2.38. The first-order chi connectivity index (χ1) is 6.86. The van der Waals surface area contributed by atoms with Gasteiger partial charge in [-0.3, -0.25) is 9.53 Å². The van der Waals surface area contributed by atoms with Crippen LogP contribution in [0.1, 0.15) is 32.1 Å². The molecule has 1 N–H and O–H groups in total. The molecule has 0 aromatic carbocycles. The van der Waals surface area contributed by atoms with E-state index in [0.717, 1.165) is 6.42 Å². The molecule has 3 nitrogen and oxygen atoms in total. The molecule has 0 bridgehead atoms. The summed E-state index contributed by atoms with van der Waals surface area (Å²) in [6.07, 6.45) is -2.06. The zero-order valence-electron chi connectivity index (χ0n) is 8.14. The number of carbonyl (C=O) groups is 1. The maximum Gasteiger partial charge on any atom is 0.522 e. The summed E-state index contributed by atoms with van der Waals surface area (Å²) in [5, 5.41) is 8.94. The van der Waals surface area contributed by atoms with Crippen LogP contribution in [0.5, 0.6) is 0 Å². The monoisotopic (exact) mass is 226 g/mol. The van der Waals surface area contributed by atoms with E-state index in [2.05, 4.69) is 4.74 Å². The first-order valence-corrected chi connectivity index (χ1v) is 4.80. The first kappa shape index (κ1) is 12.3. The SMILES string of the molecule is O=C(O)C1(COC(F)(F)F)CCCCC1. The Labute approximate surface area is 85.2 Å². The lowest BCUT2D eigenvalue weighted by molar-refractivity contribution is -0.333. The molecule has 1 rings (SSSR count). The Balaban J connectivity index is 2.61. The standard InChI is InChI=1S/C9H13F3O3/c10-9(11,12)15-6-8(7(13)14)4-2-1-3-5-8/h1-6H2,(H,13,14). The minimum Gasteiger partial charge on any atom is -0.481 e. The molecule has 0 aromatic rings. The summed E-state index contributed by atoms with van der Waals surface area (Å²) in [4.78, 5) is 10.9. The predicted octanol–water partition coefficient (Wildman–Crippen LogP) is 2.56. The van der Waals surface area contributed by atoms with Crippen LogP contribution in [0.4, 0.5) is 13.2 Å². The minimum absolute atomic E-state index is 0.262. The summed E-state index contributed by atoms with van der Waals surface area (Å²) in [5.41, 5.74) is -1.34. The summed E-state index contributed by atoms with van der Waals surface area (Å²) in [7, 11) is 0. The van der Waals surface area contributed by atoms with Crippen LogP contribution in [0, 0.1) is 5.41 Å². The van der Waals surface area contributed by atoms with Crippen molar-refractivity contribution in [2.45, 2.75) is 38.5 Å². The van der Waals surface area contributed by atoms with Crippen molar-refractivity contribution >= 4 is 5.97 Å². The summed E-state index contributed by atoms with van der Waals surface area (Å²) in [5.74, 6) is -1.19. The fourth-order valence-corrected chi connectivity index (χ4v) is 1.87. The van der Waals surface area contributed by atoms with Crippen molar-refractivity contribution in [2.24, 2.45) is 5.41 Å². The van der Waals surface area contributed by atoms with Gasteiger partial charge in [-0.25, -0.2) is 0 Å². The molecule has 0 unspecified atom stereocenters. The Kier molecular flexibility index (Phi) is 3.59. The Bertz CT molecular complexity index is 231. The van der Waals surface area contributed by atoms with Crippen LogP contribution in [0.25, 0.3) is 0 Å². The topological polar surface area (TPSA) is 46.5 Å². The molecule has 6 heteroatoms. The molecule has 88 valence electrons. The average Bonchev–Trinajstić information content (AvgIpc) is 2.15. The second-order valence-electron chi connectivity index (χ2n) is 3.88. The van der Waals surface area contributed by atoms with E-state index in [0.29, 0.717) is 12.8 Å². The molecule has 0 aliphatic heterocycles. The number of carboxylic acid groups (broad SMARTS) is 1. The lowest BCUT2D eigenvalue weighted by Gasteiger charge is -2.32. The van der Waals surface area contributed by atoms with Crippen molar-refractivity contribution in [3.8, 4) is 0 Å². The fraction of sp³-hybridized carbons (Fsp3) is 0.889. The van der Waals surface area contributed by atoms with Gasteiger partial charge in [0, 0.05) is 0 Å². The van der Waals surface area contributed by atoms with Gasteiger partial charge in [-0.1, -0.05) is 19.3 Å². The normalized spacial score (nSPS) is 21.3. The highest BCUT2D eigenvalue weighted by Gasteiger charge is 2.43. The summed E-state index contributed by atoms with van der Waals surface area (Å²) in [6.45, 7) is -0.772. The van der Waals surface area contributed by atoms with Crippen LogP contribution in [0.2, 0.25) is 0 Å². The van der Waals surface area contributed by atoms with Crippen LogP contribution >= 0.6 is 0 Å². The van der Waals surface area contributed by atoms with Gasteiger partial charge in [0.1, 0.15) is 0 Å². The van der Waals surface area contributed by atoms with Gasteiger partial charge in [-0.05, 0) is 12.8 Å². The Morgan fingerprint density at radius 1 is 1.27 bits per heavy atom. The van der Waals surface area contributed by atoms with Gasteiger partial charge in [0.15, 0.2) is 0 Å². The molecule has 0 aromatic heterocycles. The molecular formula is C9H13F3O3. The number of carboxylic acids is 1. The van der Waals surface area contributed by atoms with E-state index in [9.17, 15) is 18.0 Å². The largest absolute Gasteiger partial charge is 0.522 e. The van der Waals surface area contributed by atoms with Crippen molar-refractivity contribution in [1.82, 2.24) is 0 Å². The first-order valence-electron chi connectivity index (χ1n) is 4.80. The van der Waals surface area contributed by atoms with Gasteiger partial charge in [0.25, 0.3) is 0 Å². The number of ether oxygens (including phenoxy) is 1. The highest BCUT2D eigenvalue weighted by molar-refractivity contribution is 5.74. The van der Waals surface area contributed by atoms with E-state index in [1.165, 1.54) is 0 Å². The number of aliphatic carboxylic acids is 1. The molecule has 1 fully saturated rings. The van der Waals surface area contributed by atoms with E-state index in [1.54, 1.807) is 0 Å². The minimum atomic E-state index is -4.75. The third-order valence-electron chi connectivity index (χ3n) is 2.78. The molecule has 0 heterocycles. The van der Waals surface area contributed by atoms with E-state index < -0.39 is 24.4 Å². The molecular weight excluding hydrogens is 213 g/mol. The van der Waals surface area contributed by atoms with E-state index in [4.69, 9.17) is 5.11 Å². The molecule has 0 amide bonds. The van der Waals surface area contributed by atoms with Crippen molar-refractivity contribution in [2.75, 3.05) is 6.61 Å². The van der Waals surface area contributed by atoms with E-state index in [-0.39, 0.29) is 12.8 Å². The summed E-state index contributed by atoms with van der Waals surface area (Å²) in [6, 6.07) is 0. The number of alkyl halides is 3. The molecule has 15 heavy (non-hydrogen) atoms. The lowest BCUT2D eigenvalue weighted by Crippen LogP contribution is -2.39. The number of hydrogen-bond acceptors (Lipinski definition) is 2. The summed E-state index contributed by atoms with van der Waals surface area (Å²) < 4.78 is 39.1. The van der Waals surface area contributed by atoms with Crippen LogP contribution in [-0.4, -0.2) is 24.0 Å². The van der Waals surface area contributed by atoms with Crippen LogP contribution < -0.4 is 0 Å². The third kappa shape index (κ3) is 3.37. The smallest absolute Gasteiger partial charge is 0.481 e. The quantitative estimate of drug-likeness (QED) is 0.804. The zero-order chi connectivity index (χ0) is 11.5. The molecule has 0 spiro atoms. The summed E-state index contributed by atoms with van der Waals surface area (Å²) >= 11 is 0. The fourth-order valence-electron chi connectivity index (χ4n) is 1.87. The maximum atomic E-state index is 11.8. The van der Waals surface area contributed by atoms with E-state index in [1.807, 2.05) is 0 Å². The Hall–Kier alpha value is -0.780. The van der Waals surface area contributed by atoms with Crippen LogP contribution in [-0.2, 0) is 9.53 Å². The van der Waals surface area contributed by atoms with Crippen molar-refractivity contribution in [3.05, 3.63) is 0 Å². The highest BCUT2D eigenvalue weighted by atomic mass is 19.4.